The summed E-state index contributed by atoms with van der Waals surface area (Å²) in [5.74, 6) is 0.0730. The number of carbonyl (C=O) groups excluding carboxylic acids is 1. The van der Waals surface area contributed by atoms with E-state index in [0.29, 0.717) is 16.3 Å². The quantitative estimate of drug-likeness (QED) is 0.579. The molecule has 0 aliphatic heterocycles. The van der Waals surface area contributed by atoms with E-state index in [-0.39, 0.29) is 11.9 Å². The van der Waals surface area contributed by atoms with Gasteiger partial charge >= 0.3 is 0 Å². The highest BCUT2D eigenvalue weighted by molar-refractivity contribution is 7.20. The van der Waals surface area contributed by atoms with E-state index in [1.165, 1.54) is 11.3 Å². The van der Waals surface area contributed by atoms with E-state index in [1.54, 1.807) is 0 Å². The van der Waals surface area contributed by atoms with Gasteiger partial charge in [-0.15, -0.1) is 11.3 Å². The topological polar surface area (TPSA) is 80.9 Å². The van der Waals surface area contributed by atoms with Gasteiger partial charge in [0.25, 0.3) is 5.91 Å². The van der Waals surface area contributed by atoms with Crippen LogP contribution < -0.4 is 11.1 Å². The van der Waals surface area contributed by atoms with Gasteiger partial charge in [-0.1, -0.05) is 60.7 Å². The number of nitrogen functional groups attached to an aromatic ring is 1. The Balaban J connectivity index is 1.66. The second-order valence-corrected chi connectivity index (χ2v) is 6.82. The van der Waals surface area contributed by atoms with E-state index in [0.717, 1.165) is 22.2 Å². The number of aromatic nitrogens is 2. The molecule has 0 unspecified atom stereocenters. The molecule has 0 aliphatic rings. The molecule has 0 fully saturated rings. The first-order valence-corrected chi connectivity index (χ1v) is 8.97. The number of nitrogens with two attached hydrogens (primary N) is 1. The molecule has 0 aliphatic carbocycles. The zero-order valence-corrected chi connectivity index (χ0v) is 14.7. The molecule has 4 aromatic rings. The van der Waals surface area contributed by atoms with Gasteiger partial charge in [0.15, 0.2) is 0 Å². The third-order valence-corrected chi connectivity index (χ3v) is 5.00. The molecule has 128 valence electrons. The van der Waals surface area contributed by atoms with Gasteiger partial charge < -0.3 is 11.1 Å². The number of hydrogen-bond donors (Lipinski definition) is 2. The van der Waals surface area contributed by atoms with Gasteiger partial charge in [0.1, 0.15) is 4.83 Å². The summed E-state index contributed by atoms with van der Waals surface area (Å²) in [5.41, 5.74) is 8.60. The fraction of sp³-hybridized carbons (Fsp3) is 0.0500. The lowest BCUT2D eigenvalue weighted by Crippen LogP contribution is -2.21. The number of rotatable bonds is 4. The molecule has 0 saturated carbocycles. The largest absolute Gasteiger partial charge is 0.368 e. The highest BCUT2D eigenvalue weighted by Crippen LogP contribution is 2.32. The number of fused-ring (bicyclic) bond motifs is 1. The molecule has 0 spiro atoms. The zero-order chi connectivity index (χ0) is 17.9. The van der Waals surface area contributed by atoms with Crippen molar-refractivity contribution in [2.24, 2.45) is 0 Å². The first-order valence-electron chi connectivity index (χ1n) is 8.15. The third kappa shape index (κ3) is 3.27. The minimum Gasteiger partial charge on any atom is -0.368 e. The fourth-order valence-corrected chi connectivity index (χ4v) is 3.69. The maximum atomic E-state index is 12.5. The summed E-state index contributed by atoms with van der Waals surface area (Å²) < 4.78 is 0. The SMILES string of the molecule is Nc1nc(-c2ccccc2)c2cc(C(=O)NCc3ccccc3)sc2n1. The Kier molecular flexibility index (Phi) is 4.33. The predicted molar refractivity (Wildman–Crippen MR) is 105 cm³/mol. The number of benzene rings is 2. The smallest absolute Gasteiger partial charge is 0.261 e. The van der Waals surface area contributed by atoms with Crippen molar-refractivity contribution in [3.05, 3.63) is 77.2 Å². The fourth-order valence-electron chi connectivity index (χ4n) is 2.73. The van der Waals surface area contributed by atoms with Gasteiger partial charge in [-0.3, -0.25) is 4.79 Å². The molecule has 5 nitrogen and oxygen atoms in total. The van der Waals surface area contributed by atoms with Crippen LogP contribution in [0.5, 0.6) is 0 Å². The number of amides is 1. The van der Waals surface area contributed by atoms with Crippen LogP contribution in [0.15, 0.2) is 66.7 Å². The molecular weight excluding hydrogens is 344 g/mol. The average Bonchev–Trinajstić information content (AvgIpc) is 3.11. The van der Waals surface area contributed by atoms with Crippen LogP contribution in [0.4, 0.5) is 5.95 Å². The van der Waals surface area contributed by atoms with Crippen LogP contribution >= 0.6 is 11.3 Å². The Morgan fingerprint density at radius 2 is 1.69 bits per heavy atom. The van der Waals surface area contributed by atoms with Gasteiger partial charge in [-0.05, 0) is 11.6 Å². The van der Waals surface area contributed by atoms with Crippen molar-refractivity contribution < 1.29 is 4.79 Å². The van der Waals surface area contributed by atoms with Crippen molar-refractivity contribution >= 4 is 33.4 Å². The second kappa shape index (κ2) is 6.93. The van der Waals surface area contributed by atoms with E-state index in [2.05, 4.69) is 15.3 Å². The van der Waals surface area contributed by atoms with Crippen molar-refractivity contribution in [2.45, 2.75) is 6.54 Å². The number of carbonyl (C=O) groups is 1. The zero-order valence-electron chi connectivity index (χ0n) is 13.8. The van der Waals surface area contributed by atoms with E-state index in [1.807, 2.05) is 66.7 Å². The van der Waals surface area contributed by atoms with Gasteiger partial charge in [0.2, 0.25) is 5.95 Å². The highest BCUT2D eigenvalue weighted by Gasteiger charge is 2.16. The maximum Gasteiger partial charge on any atom is 0.261 e. The summed E-state index contributed by atoms with van der Waals surface area (Å²) in [6.07, 6.45) is 0. The van der Waals surface area contributed by atoms with Crippen LogP contribution in [-0.2, 0) is 6.54 Å². The molecule has 4 rings (SSSR count). The van der Waals surface area contributed by atoms with Crippen molar-refractivity contribution in [3.8, 4) is 11.3 Å². The monoisotopic (exact) mass is 360 g/mol. The van der Waals surface area contributed by atoms with E-state index >= 15 is 0 Å². The number of thiophene rings is 1. The second-order valence-electron chi connectivity index (χ2n) is 5.79. The summed E-state index contributed by atoms with van der Waals surface area (Å²) in [6.45, 7) is 0.479. The Bertz CT molecular complexity index is 1060. The van der Waals surface area contributed by atoms with Crippen LogP contribution in [0.1, 0.15) is 15.2 Å². The van der Waals surface area contributed by atoms with Gasteiger partial charge in [0, 0.05) is 17.5 Å². The molecule has 2 aromatic carbocycles. The van der Waals surface area contributed by atoms with Crippen LogP contribution in [0, 0.1) is 0 Å². The lowest BCUT2D eigenvalue weighted by Gasteiger charge is -2.03. The molecule has 6 heteroatoms. The average molecular weight is 360 g/mol. The van der Waals surface area contributed by atoms with Crippen LogP contribution in [0.3, 0.4) is 0 Å². The minimum atomic E-state index is -0.130. The van der Waals surface area contributed by atoms with Crippen LogP contribution in [0.2, 0.25) is 0 Å². The molecule has 2 heterocycles. The molecule has 0 atom stereocenters. The van der Waals surface area contributed by atoms with Gasteiger partial charge in [-0.25, -0.2) is 9.97 Å². The van der Waals surface area contributed by atoms with Crippen LogP contribution in [-0.4, -0.2) is 15.9 Å². The van der Waals surface area contributed by atoms with Crippen molar-refractivity contribution in [1.29, 1.82) is 0 Å². The maximum absolute atomic E-state index is 12.5. The molecule has 0 saturated heterocycles. The van der Waals surface area contributed by atoms with Crippen LogP contribution in [0.25, 0.3) is 21.5 Å². The Morgan fingerprint density at radius 1 is 1.00 bits per heavy atom. The number of anilines is 1. The Labute approximate surface area is 154 Å². The normalized spacial score (nSPS) is 10.8. The van der Waals surface area contributed by atoms with E-state index < -0.39 is 0 Å². The number of nitrogens with one attached hydrogen (secondary N) is 1. The first kappa shape index (κ1) is 16.2. The third-order valence-electron chi connectivity index (χ3n) is 3.98. The van der Waals surface area contributed by atoms with Gasteiger partial charge in [0.05, 0.1) is 10.6 Å². The lowest BCUT2D eigenvalue weighted by atomic mass is 10.1. The first-order chi connectivity index (χ1) is 12.7. The molecule has 0 radical (unpaired) electrons. The predicted octanol–water partition coefficient (Wildman–Crippen LogP) is 3.87. The lowest BCUT2D eigenvalue weighted by molar-refractivity contribution is 0.0955. The Hall–Kier alpha value is -3.25. The number of hydrogen-bond acceptors (Lipinski definition) is 5. The summed E-state index contributed by atoms with van der Waals surface area (Å²) in [5, 5.41) is 3.78. The Morgan fingerprint density at radius 3 is 2.42 bits per heavy atom. The highest BCUT2D eigenvalue weighted by atomic mass is 32.1. The van der Waals surface area contributed by atoms with Crippen molar-refractivity contribution in [2.75, 3.05) is 5.73 Å². The standard InChI is InChI=1S/C20H16N4OS/c21-20-23-17(14-9-5-2-6-10-14)15-11-16(26-19(15)24-20)18(25)22-12-13-7-3-1-4-8-13/h1-11H,12H2,(H,22,25)(H2,21,23,24). The van der Waals surface area contributed by atoms with Crippen molar-refractivity contribution in [1.82, 2.24) is 15.3 Å². The molecule has 2 aromatic heterocycles. The molecule has 1 amide bonds. The minimum absolute atomic E-state index is 0.130. The summed E-state index contributed by atoms with van der Waals surface area (Å²) in [4.78, 5) is 22.5. The summed E-state index contributed by atoms with van der Waals surface area (Å²) in [7, 11) is 0. The van der Waals surface area contributed by atoms with E-state index in [9.17, 15) is 4.79 Å². The number of nitrogens with zero attached hydrogens (tertiary/aromatic N) is 2. The summed E-state index contributed by atoms with van der Waals surface area (Å²) >= 11 is 1.32. The summed E-state index contributed by atoms with van der Waals surface area (Å²) in [6, 6.07) is 21.4. The molecule has 26 heavy (non-hydrogen) atoms. The van der Waals surface area contributed by atoms with E-state index in [4.69, 9.17) is 5.73 Å². The molecule has 0 bridgehead atoms. The molecule has 3 N–H and O–H groups in total. The van der Waals surface area contributed by atoms with Gasteiger partial charge in [-0.2, -0.15) is 0 Å². The molecular formula is C20H16N4OS. The van der Waals surface area contributed by atoms with Crippen molar-refractivity contribution in [3.63, 3.8) is 0 Å².